The monoisotopic (exact) mass is 450 g/mol. The van der Waals surface area contributed by atoms with Gasteiger partial charge in [-0.05, 0) is 60.3 Å². The Morgan fingerprint density at radius 1 is 1.10 bits per heavy atom. The van der Waals surface area contributed by atoms with Crippen molar-refractivity contribution in [2.24, 2.45) is 0 Å². The zero-order valence-electron chi connectivity index (χ0n) is 17.2. The van der Waals surface area contributed by atoms with Crippen LogP contribution in [0, 0.1) is 0 Å². The van der Waals surface area contributed by atoms with E-state index in [-0.39, 0.29) is 5.91 Å². The van der Waals surface area contributed by atoms with Gasteiger partial charge in [0.25, 0.3) is 5.91 Å². The Kier molecular flexibility index (Phi) is 6.69. The number of thiophene rings is 1. The molecular weight excluding hydrogens is 428 g/mol. The molecule has 2 aromatic heterocycles. The van der Waals surface area contributed by atoms with E-state index in [1.54, 1.807) is 30.2 Å². The van der Waals surface area contributed by atoms with E-state index in [1.807, 2.05) is 60.0 Å². The lowest BCUT2D eigenvalue weighted by atomic mass is 10.1. The van der Waals surface area contributed by atoms with E-state index >= 15 is 0 Å². The Bertz CT molecular complexity index is 1140. The first-order chi connectivity index (χ1) is 15.2. The van der Waals surface area contributed by atoms with Crippen molar-refractivity contribution >= 4 is 34.7 Å². The van der Waals surface area contributed by atoms with Gasteiger partial charge in [-0.25, -0.2) is 0 Å². The van der Waals surface area contributed by atoms with Crippen LogP contribution in [-0.4, -0.2) is 27.8 Å². The lowest BCUT2D eigenvalue weighted by Crippen LogP contribution is -2.11. The zero-order chi connectivity index (χ0) is 21.6. The van der Waals surface area contributed by atoms with Crippen molar-refractivity contribution in [1.29, 1.82) is 0 Å². The summed E-state index contributed by atoms with van der Waals surface area (Å²) in [5, 5.41) is 14.6. The summed E-state index contributed by atoms with van der Waals surface area (Å²) in [6.45, 7) is 2.91. The van der Waals surface area contributed by atoms with Crippen LogP contribution in [0.2, 0.25) is 0 Å². The summed E-state index contributed by atoms with van der Waals surface area (Å²) in [6.07, 6.45) is 0. The molecule has 0 fully saturated rings. The highest BCUT2D eigenvalue weighted by atomic mass is 32.2. The fourth-order valence-corrected chi connectivity index (χ4v) is 4.72. The maximum Gasteiger partial charge on any atom is 0.255 e. The van der Waals surface area contributed by atoms with Gasteiger partial charge >= 0.3 is 0 Å². The van der Waals surface area contributed by atoms with Crippen molar-refractivity contribution in [3.05, 3.63) is 77.2 Å². The maximum absolute atomic E-state index is 12.5. The predicted molar refractivity (Wildman–Crippen MR) is 126 cm³/mol. The van der Waals surface area contributed by atoms with Crippen molar-refractivity contribution in [1.82, 2.24) is 14.8 Å². The van der Waals surface area contributed by atoms with E-state index < -0.39 is 0 Å². The second-order valence-corrected chi connectivity index (χ2v) is 8.59. The molecule has 8 heteroatoms. The molecule has 0 saturated heterocycles. The minimum absolute atomic E-state index is 0.143. The Morgan fingerprint density at radius 2 is 1.87 bits per heavy atom. The summed E-state index contributed by atoms with van der Waals surface area (Å²) in [5.41, 5.74) is 2.46. The van der Waals surface area contributed by atoms with Crippen LogP contribution >= 0.6 is 23.1 Å². The van der Waals surface area contributed by atoms with Crippen LogP contribution in [0.5, 0.6) is 5.75 Å². The third kappa shape index (κ3) is 4.98. The summed E-state index contributed by atoms with van der Waals surface area (Å²) >= 11 is 3.31. The summed E-state index contributed by atoms with van der Waals surface area (Å²) in [6, 6.07) is 19.0. The van der Waals surface area contributed by atoms with Gasteiger partial charge in [0.15, 0.2) is 11.0 Å². The molecule has 2 aromatic carbocycles. The first kappa shape index (κ1) is 21.1. The third-order valence-corrected chi connectivity index (χ3v) is 6.61. The van der Waals surface area contributed by atoms with Gasteiger partial charge in [-0.1, -0.05) is 30.0 Å². The number of nitrogens with one attached hydrogen (secondary N) is 1. The molecule has 0 unspecified atom stereocenters. The first-order valence-electron chi connectivity index (χ1n) is 9.82. The molecule has 0 spiro atoms. The quantitative estimate of drug-likeness (QED) is 0.355. The number of carbonyl (C=O) groups excluding carboxylic acids is 1. The highest BCUT2D eigenvalue weighted by Gasteiger charge is 2.14. The molecular formula is C23H22N4O2S2. The summed E-state index contributed by atoms with van der Waals surface area (Å²) in [7, 11) is 1.61. The van der Waals surface area contributed by atoms with Gasteiger partial charge in [-0.15, -0.1) is 21.5 Å². The molecule has 0 saturated carbocycles. The number of ether oxygens (including phenoxy) is 1. The Morgan fingerprint density at radius 3 is 2.52 bits per heavy atom. The molecule has 1 amide bonds. The largest absolute Gasteiger partial charge is 0.497 e. The Balaban J connectivity index is 1.38. The average Bonchev–Trinajstić information content (AvgIpc) is 3.48. The summed E-state index contributed by atoms with van der Waals surface area (Å²) < 4.78 is 7.27. The molecule has 6 nitrogen and oxygen atoms in total. The van der Waals surface area contributed by atoms with Crippen LogP contribution < -0.4 is 10.1 Å². The molecule has 0 bridgehead atoms. The van der Waals surface area contributed by atoms with Gasteiger partial charge in [-0.3, -0.25) is 4.79 Å². The van der Waals surface area contributed by atoms with Crippen molar-refractivity contribution in [2.45, 2.75) is 24.4 Å². The van der Waals surface area contributed by atoms with Gasteiger partial charge in [-0.2, -0.15) is 0 Å². The lowest BCUT2D eigenvalue weighted by Gasteiger charge is -2.08. The predicted octanol–water partition coefficient (Wildman–Crippen LogP) is 5.58. The van der Waals surface area contributed by atoms with Gasteiger partial charge in [0.2, 0.25) is 0 Å². The number of nitrogens with zero attached hydrogens (tertiary/aromatic N) is 3. The van der Waals surface area contributed by atoms with E-state index in [0.29, 0.717) is 5.56 Å². The van der Waals surface area contributed by atoms with Gasteiger partial charge in [0, 0.05) is 23.5 Å². The SMILES string of the molecule is CCn1c(SCc2ccc(C(=O)Nc3ccc(OC)cc3)cc2)nnc1-c1cccs1. The Labute approximate surface area is 189 Å². The molecule has 158 valence electrons. The lowest BCUT2D eigenvalue weighted by molar-refractivity contribution is 0.102. The molecule has 4 rings (SSSR count). The number of aromatic nitrogens is 3. The highest BCUT2D eigenvalue weighted by molar-refractivity contribution is 7.98. The molecule has 0 aliphatic rings. The standard InChI is InChI=1S/C23H22N4O2S2/c1-3-27-21(20-5-4-14-30-20)25-26-23(27)31-15-16-6-8-17(9-7-16)22(28)24-18-10-12-19(29-2)13-11-18/h4-14H,3,15H2,1-2H3,(H,24,28). The topological polar surface area (TPSA) is 69.0 Å². The van der Waals surface area contributed by atoms with Gasteiger partial charge in [0.1, 0.15) is 5.75 Å². The molecule has 0 atom stereocenters. The minimum atomic E-state index is -0.143. The first-order valence-corrected chi connectivity index (χ1v) is 11.7. The number of hydrogen-bond acceptors (Lipinski definition) is 6. The van der Waals surface area contributed by atoms with E-state index in [4.69, 9.17) is 4.74 Å². The fraction of sp³-hybridized carbons (Fsp3) is 0.174. The summed E-state index contributed by atoms with van der Waals surface area (Å²) in [5.74, 6) is 2.27. The second-order valence-electron chi connectivity index (χ2n) is 6.70. The van der Waals surface area contributed by atoms with Gasteiger partial charge < -0.3 is 14.6 Å². The normalized spacial score (nSPS) is 10.8. The number of amides is 1. The molecule has 0 aliphatic carbocycles. The molecule has 0 aliphatic heterocycles. The fourth-order valence-electron chi connectivity index (χ4n) is 3.05. The molecule has 4 aromatic rings. The number of benzene rings is 2. The number of methoxy groups -OCH3 is 1. The van der Waals surface area contributed by atoms with Crippen LogP contribution in [0.4, 0.5) is 5.69 Å². The molecule has 31 heavy (non-hydrogen) atoms. The van der Waals surface area contributed by atoms with Gasteiger partial charge in [0.05, 0.1) is 12.0 Å². The van der Waals surface area contributed by atoms with Crippen molar-refractivity contribution in [3.63, 3.8) is 0 Å². The van der Waals surface area contributed by atoms with E-state index in [0.717, 1.165) is 45.2 Å². The highest BCUT2D eigenvalue weighted by Crippen LogP contribution is 2.28. The van der Waals surface area contributed by atoms with E-state index in [1.165, 1.54) is 0 Å². The summed E-state index contributed by atoms with van der Waals surface area (Å²) in [4.78, 5) is 13.6. The van der Waals surface area contributed by atoms with Crippen molar-refractivity contribution < 1.29 is 9.53 Å². The van der Waals surface area contributed by atoms with Crippen molar-refractivity contribution in [3.8, 4) is 16.5 Å². The maximum atomic E-state index is 12.5. The molecule has 2 heterocycles. The molecule has 1 N–H and O–H groups in total. The smallest absolute Gasteiger partial charge is 0.255 e. The van der Waals surface area contributed by atoms with Crippen LogP contribution in [0.1, 0.15) is 22.8 Å². The number of thioether (sulfide) groups is 1. The average molecular weight is 451 g/mol. The number of anilines is 1. The second kappa shape index (κ2) is 9.80. The van der Waals surface area contributed by atoms with Crippen LogP contribution in [0.25, 0.3) is 10.7 Å². The van der Waals surface area contributed by atoms with Crippen LogP contribution in [0.3, 0.4) is 0 Å². The molecule has 0 radical (unpaired) electrons. The van der Waals surface area contributed by atoms with Crippen molar-refractivity contribution in [2.75, 3.05) is 12.4 Å². The third-order valence-electron chi connectivity index (χ3n) is 4.71. The van der Waals surface area contributed by atoms with E-state index in [9.17, 15) is 4.79 Å². The number of carbonyl (C=O) groups is 1. The zero-order valence-corrected chi connectivity index (χ0v) is 18.9. The number of hydrogen-bond donors (Lipinski definition) is 1. The van der Waals surface area contributed by atoms with Crippen LogP contribution in [-0.2, 0) is 12.3 Å². The number of rotatable bonds is 8. The van der Waals surface area contributed by atoms with Crippen LogP contribution in [0.15, 0.2) is 71.2 Å². The van der Waals surface area contributed by atoms with E-state index in [2.05, 4.69) is 33.1 Å². The Hall–Kier alpha value is -3.10. The minimum Gasteiger partial charge on any atom is -0.497 e.